The Balaban J connectivity index is 2.66. The fraction of sp³-hybridized carbons (Fsp3) is 0.333. The molecule has 0 radical (unpaired) electrons. The average Bonchev–Trinajstić information content (AvgIpc) is 2.38. The number of hydrogen-bond donors (Lipinski definition) is 2. The Morgan fingerprint density at radius 3 is 2.45 bits per heavy atom. The summed E-state index contributed by atoms with van der Waals surface area (Å²) >= 11 is 0. The van der Waals surface area contributed by atoms with Crippen LogP contribution in [-0.4, -0.2) is 41.6 Å². The van der Waals surface area contributed by atoms with Gasteiger partial charge in [-0.05, 0) is 12.5 Å². The standard InChI is InChI=1S/C15H20N2O3/c1-11(2)10-17(3)15(20)16-13(14(18)19)9-12-7-5-4-6-8-12/h4-8,13H,1,9-10H2,2-3H3,(H,16,20)(H,18,19)/t13-/m1/s1. The Morgan fingerprint density at radius 2 is 1.95 bits per heavy atom. The zero-order chi connectivity index (χ0) is 15.1. The molecule has 0 bridgehead atoms. The van der Waals surface area contributed by atoms with E-state index in [1.54, 1.807) is 7.05 Å². The fourth-order valence-electron chi connectivity index (χ4n) is 1.79. The van der Waals surface area contributed by atoms with Crippen LogP contribution in [-0.2, 0) is 11.2 Å². The predicted octanol–water partition coefficient (Wildman–Crippen LogP) is 1.90. The van der Waals surface area contributed by atoms with Gasteiger partial charge >= 0.3 is 12.0 Å². The van der Waals surface area contributed by atoms with Crippen LogP contribution in [0.5, 0.6) is 0 Å². The number of nitrogens with one attached hydrogen (secondary N) is 1. The number of carbonyl (C=O) groups is 2. The molecular weight excluding hydrogens is 256 g/mol. The summed E-state index contributed by atoms with van der Waals surface area (Å²) in [5.74, 6) is -1.05. The molecule has 1 aromatic rings. The van der Waals surface area contributed by atoms with Gasteiger partial charge in [-0.25, -0.2) is 9.59 Å². The first kappa shape index (κ1) is 15.8. The summed E-state index contributed by atoms with van der Waals surface area (Å²) in [5, 5.41) is 11.7. The normalized spacial score (nSPS) is 11.5. The molecule has 2 amide bonds. The van der Waals surface area contributed by atoms with Crippen LogP contribution < -0.4 is 5.32 Å². The number of aliphatic carboxylic acids is 1. The molecule has 0 aromatic heterocycles. The highest BCUT2D eigenvalue weighted by molar-refractivity contribution is 5.82. The van der Waals surface area contributed by atoms with E-state index in [4.69, 9.17) is 0 Å². The number of rotatable bonds is 6. The maximum Gasteiger partial charge on any atom is 0.326 e. The van der Waals surface area contributed by atoms with Gasteiger partial charge in [0.15, 0.2) is 0 Å². The first-order valence-corrected chi connectivity index (χ1v) is 6.33. The summed E-state index contributed by atoms with van der Waals surface area (Å²) in [5.41, 5.74) is 1.69. The van der Waals surface area contributed by atoms with E-state index in [0.29, 0.717) is 6.54 Å². The summed E-state index contributed by atoms with van der Waals surface area (Å²) in [7, 11) is 1.60. The van der Waals surface area contributed by atoms with Gasteiger partial charge in [0, 0.05) is 20.0 Å². The van der Waals surface area contributed by atoms with Crippen molar-refractivity contribution < 1.29 is 14.7 Å². The third-order valence-corrected chi connectivity index (χ3v) is 2.73. The molecule has 0 fully saturated rings. The van der Waals surface area contributed by atoms with E-state index < -0.39 is 18.0 Å². The van der Waals surface area contributed by atoms with Gasteiger partial charge in [0.1, 0.15) is 6.04 Å². The number of carboxylic acids is 1. The third kappa shape index (κ3) is 5.14. The lowest BCUT2D eigenvalue weighted by atomic mass is 10.1. The van der Waals surface area contributed by atoms with Crippen molar-refractivity contribution in [2.24, 2.45) is 0 Å². The van der Waals surface area contributed by atoms with Crippen LogP contribution in [0, 0.1) is 0 Å². The molecule has 0 aliphatic carbocycles. The third-order valence-electron chi connectivity index (χ3n) is 2.73. The van der Waals surface area contributed by atoms with Crippen LogP contribution in [0.25, 0.3) is 0 Å². The smallest absolute Gasteiger partial charge is 0.326 e. The molecule has 1 aromatic carbocycles. The van der Waals surface area contributed by atoms with E-state index in [9.17, 15) is 14.7 Å². The molecule has 5 heteroatoms. The quantitative estimate of drug-likeness (QED) is 0.780. The van der Waals surface area contributed by atoms with Crippen LogP contribution in [0.2, 0.25) is 0 Å². The van der Waals surface area contributed by atoms with Crippen molar-refractivity contribution in [2.75, 3.05) is 13.6 Å². The highest BCUT2D eigenvalue weighted by atomic mass is 16.4. The van der Waals surface area contributed by atoms with Gasteiger partial charge in [-0.1, -0.05) is 42.5 Å². The summed E-state index contributed by atoms with van der Waals surface area (Å²) < 4.78 is 0. The minimum Gasteiger partial charge on any atom is -0.480 e. The summed E-state index contributed by atoms with van der Waals surface area (Å²) in [6, 6.07) is 7.83. The molecule has 2 N–H and O–H groups in total. The maximum absolute atomic E-state index is 11.9. The molecule has 20 heavy (non-hydrogen) atoms. The number of benzene rings is 1. The van der Waals surface area contributed by atoms with Crippen molar-refractivity contribution in [3.63, 3.8) is 0 Å². The maximum atomic E-state index is 11.9. The lowest BCUT2D eigenvalue weighted by Gasteiger charge is -2.21. The van der Waals surface area contributed by atoms with Crippen LogP contribution in [0.1, 0.15) is 12.5 Å². The van der Waals surface area contributed by atoms with Crippen molar-refractivity contribution >= 4 is 12.0 Å². The average molecular weight is 276 g/mol. The second-order valence-electron chi connectivity index (χ2n) is 4.84. The van der Waals surface area contributed by atoms with Crippen molar-refractivity contribution in [3.8, 4) is 0 Å². The zero-order valence-corrected chi connectivity index (χ0v) is 11.8. The zero-order valence-electron chi connectivity index (χ0n) is 11.8. The number of nitrogens with zero attached hydrogens (tertiary/aromatic N) is 1. The van der Waals surface area contributed by atoms with E-state index in [1.807, 2.05) is 37.3 Å². The van der Waals surface area contributed by atoms with E-state index >= 15 is 0 Å². The predicted molar refractivity (Wildman–Crippen MR) is 77.5 cm³/mol. The number of likely N-dealkylation sites (N-methyl/N-ethyl adjacent to an activating group) is 1. The molecule has 1 rings (SSSR count). The van der Waals surface area contributed by atoms with E-state index in [0.717, 1.165) is 11.1 Å². The Bertz CT molecular complexity index is 485. The molecule has 0 heterocycles. The number of urea groups is 1. The molecule has 0 aliphatic rings. The topological polar surface area (TPSA) is 69.6 Å². The Morgan fingerprint density at radius 1 is 1.35 bits per heavy atom. The molecule has 0 saturated heterocycles. The molecule has 0 unspecified atom stereocenters. The van der Waals surface area contributed by atoms with Crippen LogP contribution >= 0.6 is 0 Å². The van der Waals surface area contributed by atoms with Crippen molar-refractivity contribution in [3.05, 3.63) is 48.0 Å². The van der Waals surface area contributed by atoms with E-state index in [-0.39, 0.29) is 6.42 Å². The van der Waals surface area contributed by atoms with E-state index in [1.165, 1.54) is 4.90 Å². The first-order valence-electron chi connectivity index (χ1n) is 6.33. The molecule has 1 atom stereocenters. The minimum absolute atomic E-state index is 0.253. The minimum atomic E-state index is -1.05. The number of carbonyl (C=O) groups excluding carboxylic acids is 1. The second-order valence-corrected chi connectivity index (χ2v) is 4.84. The van der Waals surface area contributed by atoms with Crippen LogP contribution in [0.4, 0.5) is 4.79 Å². The Kier molecular flexibility index (Phi) is 5.77. The fourth-order valence-corrected chi connectivity index (χ4v) is 1.79. The van der Waals surface area contributed by atoms with Crippen LogP contribution in [0.3, 0.4) is 0 Å². The van der Waals surface area contributed by atoms with Gasteiger partial charge < -0.3 is 15.3 Å². The number of amides is 2. The highest BCUT2D eigenvalue weighted by Gasteiger charge is 2.21. The van der Waals surface area contributed by atoms with Crippen molar-refractivity contribution in [2.45, 2.75) is 19.4 Å². The Labute approximate surface area is 118 Å². The van der Waals surface area contributed by atoms with Crippen LogP contribution in [0.15, 0.2) is 42.5 Å². The molecule has 5 nitrogen and oxygen atoms in total. The summed E-state index contributed by atoms with van der Waals surface area (Å²) in [6.45, 7) is 5.92. The van der Waals surface area contributed by atoms with Gasteiger partial charge in [-0.15, -0.1) is 0 Å². The molecule has 0 spiro atoms. The largest absolute Gasteiger partial charge is 0.480 e. The Hall–Kier alpha value is -2.30. The van der Waals surface area contributed by atoms with Gasteiger partial charge in [0.05, 0.1) is 0 Å². The summed E-state index contributed by atoms with van der Waals surface area (Å²) in [6.07, 6.45) is 0.253. The van der Waals surface area contributed by atoms with Gasteiger partial charge in [-0.3, -0.25) is 0 Å². The van der Waals surface area contributed by atoms with Crippen molar-refractivity contribution in [1.82, 2.24) is 10.2 Å². The van der Waals surface area contributed by atoms with Gasteiger partial charge in [-0.2, -0.15) is 0 Å². The van der Waals surface area contributed by atoms with Crippen molar-refractivity contribution in [1.29, 1.82) is 0 Å². The van der Waals surface area contributed by atoms with E-state index in [2.05, 4.69) is 11.9 Å². The number of carboxylic acid groups (broad SMARTS) is 1. The molecule has 108 valence electrons. The second kappa shape index (κ2) is 7.33. The first-order chi connectivity index (χ1) is 9.40. The molecular formula is C15H20N2O3. The van der Waals surface area contributed by atoms with Gasteiger partial charge in [0.25, 0.3) is 0 Å². The number of hydrogen-bond acceptors (Lipinski definition) is 2. The molecule has 0 aliphatic heterocycles. The lowest BCUT2D eigenvalue weighted by Crippen LogP contribution is -2.48. The summed E-state index contributed by atoms with van der Waals surface area (Å²) in [4.78, 5) is 24.5. The molecule has 0 saturated carbocycles. The monoisotopic (exact) mass is 276 g/mol. The lowest BCUT2D eigenvalue weighted by molar-refractivity contribution is -0.139. The van der Waals surface area contributed by atoms with Gasteiger partial charge in [0.2, 0.25) is 0 Å². The SMILES string of the molecule is C=C(C)CN(C)C(=O)N[C@H](Cc1ccccc1)C(=O)O. The highest BCUT2D eigenvalue weighted by Crippen LogP contribution is 2.04.